The molecule has 1 aromatic rings. The molecule has 0 saturated carbocycles. The lowest BCUT2D eigenvalue weighted by molar-refractivity contribution is -0.132. The molecular weight excluding hydrogens is 340 g/mol. The van der Waals surface area contributed by atoms with E-state index in [0.29, 0.717) is 30.7 Å². The van der Waals surface area contributed by atoms with Crippen molar-refractivity contribution in [1.82, 2.24) is 20.9 Å². The first-order valence-electron chi connectivity index (χ1n) is 10.0. The van der Waals surface area contributed by atoms with Gasteiger partial charge in [-0.25, -0.2) is 4.79 Å². The summed E-state index contributed by atoms with van der Waals surface area (Å²) in [6.45, 7) is 10.2. The molecule has 0 aliphatic carbocycles. The van der Waals surface area contributed by atoms with Crippen molar-refractivity contribution in [2.75, 3.05) is 26.2 Å². The van der Waals surface area contributed by atoms with Crippen LogP contribution < -0.4 is 16.0 Å². The van der Waals surface area contributed by atoms with Crippen molar-refractivity contribution in [2.24, 2.45) is 17.8 Å². The molecule has 6 nitrogen and oxygen atoms in total. The van der Waals surface area contributed by atoms with Crippen LogP contribution in [0.3, 0.4) is 0 Å². The predicted molar refractivity (Wildman–Crippen MR) is 106 cm³/mol. The Morgan fingerprint density at radius 2 is 1.78 bits per heavy atom. The molecule has 6 heteroatoms. The zero-order valence-electron chi connectivity index (χ0n) is 16.6. The number of benzene rings is 1. The van der Waals surface area contributed by atoms with Crippen molar-refractivity contribution in [3.8, 4) is 0 Å². The molecule has 3 atom stereocenters. The van der Waals surface area contributed by atoms with Gasteiger partial charge >= 0.3 is 6.03 Å². The molecule has 2 fully saturated rings. The molecule has 1 unspecified atom stereocenters. The van der Waals surface area contributed by atoms with E-state index in [2.05, 4.69) is 29.8 Å². The number of rotatable bonds is 6. The Balaban J connectivity index is 1.54. The molecule has 2 aliphatic rings. The summed E-state index contributed by atoms with van der Waals surface area (Å²) >= 11 is 0. The second-order valence-corrected chi connectivity index (χ2v) is 8.42. The van der Waals surface area contributed by atoms with Crippen molar-refractivity contribution in [1.29, 1.82) is 0 Å². The van der Waals surface area contributed by atoms with Gasteiger partial charge in [-0.15, -0.1) is 0 Å². The number of fused-ring (bicyclic) bond motifs is 1. The smallest absolute Gasteiger partial charge is 0.315 e. The third-order valence-electron chi connectivity index (χ3n) is 5.59. The highest BCUT2D eigenvalue weighted by molar-refractivity contribution is 5.87. The molecule has 0 aromatic heterocycles. The molecule has 3 N–H and O–H groups in total. The van der Waals surface area contributed by atoms with E-state index in [-0.39, 0.29) is 11.9 Å². The summed E-state index contributed by atoms with van der Waals surface area (Å²) in [5, 5.41) is 9.19. The molecule has 0 spiro atoms. The van der Waals surface area contributed by atoms with Gasteiger partial charge in [0.1, 0.15) is 6.04 Å². The van der Waals surface area contributed by atoms with E-state index < -0.39 is 6.04 Å². The highest BCUT2D eigenvalue weighted by Gasteiger charge is 2.40. The summed E-state index contributed by atoms with van der Waals surface area (Å²) in [5.41, 5.74) is 2.23. The van der Waals surface area contributed by atoms with Gasteiger partial charge < -0.3 is 20.9 Å². The van der Waals surface area contributed by atoms with Crippen LogP contribution in [-0.4, -0.2) is 49.1 Å². The average molecular weight is 373 g/mol. The van der Waals surface area contributed by atoms with Gasteiger partial charge in [0.15, 0.2) is 0 Å². The highest BCUT2D eigenvalue weighted by atomic mass is 16.2. The zero-order chi connectivity index (χ0) is 19.4. The molecular formula is C21H32N4O2. The Bertz CT molecular complexity index is 647. The topological polar surface area (TPSA) is 73.5 Å². The van der Waals surface area contributed by atoms with Gasteiger partial charge in [-0.1, -0.05) is 43.7 Å². The lowest BCUT2D eigenvalue weighted by Gasteiger charge is -2.26. The average Bonchev–Trinajstić information content (AvgIpc) is 3.21. The van der Waals surface area contributed by atoms with Gasteiger partial charge in [0.25, 0.3) is 0 Å². The monoisotopic (exact) mass is 372 g/mol. The van der Waals surface area contributed by atoms with E-state index in [9.17, 15) is 9.59 Å². The van der Waals surface area contributed by atoms with Crippen molar-refractivity contribution in [2.45, 2.75) is 39.8 Å². The van der Waals surface area contributed by atoms with Gasteiger partial charge in [-0.3, -0.25) is 4.79 Å². The number of carbonyl (C=O) groups excluding carboxylic acids is 2. The van der Waals surface area contributed by atoms with Crippen LogP contribution in [0.4, 0.5) is 4.79 Å². The third kappa shape index (κ3) is 5.22. The fourth-order valence-corrected chi connectivity index (χ4v) is 4.05. The van der Waals surface area contributed by atoms with Gasteiger partial charge in [-0.05, 0) is 36.7 Å². The van der Waals surface area contributed by atoms with E-state index in [4.69, 9.17) is 0 Å². The van der Waals surface area contributed by atoms with Gasteiger partial charge in [-0.2, -0.15) is 0 Å². The first kappa shape index (κ1) is 19.7. The maximum absolute atomic E-state index is 13.0. The molecule has 0 bridgehead atoms. The number of carbonyl (C=O) groups is 2. The van der Waals surface area contributed by atoms with Crippen LogP contribution >= 0.6 is 0 Å². The molecule has 3 amide bonds. The fraction of sp³-hybridized carbons (Fsp3) is 0.619. The standard InChI is InChI=1S/C21H32N4O2/c1-14(2)8-19(20(26)25-12-17-10-22-11-18(17)13-25)24-21(27)23-9-16-6-4-15(3)5-7-16/h4-7,14,17-19,22H,8-13H2,1-3H3,(H2,23,24,27)/t17-,18+,19?. The second-order valence-electron chi connectivity index (χ2n) is 8.42. The SMILES string of the molecule is Cc1ccc(CNC(=O)NC(CC(C)C)C(=O)N2C[C@H]3CNC[C@H]3C2)cc1. The van der Waals surface area contributed by atoms with E-state index in [1.165, 1.54) is 5.56 Å². The Morgan fingerprint density at radius 3 is 2.37 bits per heavy atom. The second kappa shape index (κ2) is 8.74. The lowest BCUT2D eigenvalue weighted by Crippen LogP contribution is -2.51. The van der Waals surface area contributed by atoms with Crippen molar-refractivity contribution in [3.63, 3.8) is 0 Å². The van der Waals surface area contributed by atoms with E-state index in [1.54, 1.807) is 0 Å². The highest BCUT2D eigenvalue weighted by Crippen LogP contribution is 2.27. The molecule has 0 radical (unpaired) electrons. The number of nitrogens with zero attached hydrogens (tertiary/aromatic N) is 1. The quantitative estimate of drug-likeness (QED) is 0.714. The largest absolute Gasteiger partial charge is 0.340 e. The Morgan fingerprint density at radius 1 is 1.15 bits per heavy atom. The number of hydrogen-bond donors (Lipinski definition) is 3. The van der Waals surface area contributed by atoms with Crippen molar-refractivity contribution >= 4 is 11.9 Å². The first-order valence-corrected chi connectivity index (χ1v) is 10.0. The summed E-state index contributed by atoms with van der Waals surface area (Å²) in [4.78, 5) is 27.4. The number of nitrogens with one attached hydrogen (secondary N) is 3. The summed E-state index contributed by atoms with van der Waals surface area (Å²) < 4.78 is 0. The van der Waals surface area contributed by atoms with Crippen LogP contribution in [0.15, 0.2) is 24.3 Å². The lowest BCUT2D eigenvalue weighted by atomic mass is 10.0. The zero-order valence-corrected chi connectivity index (χ0v) is 16.6. The minimum absolute atomic E-state index is 0.0589. The van der Waals surface area contributed by atoms with Crippen LogP contribution in [0.1, 0.15) is 31.4 Å². The van der Waals surface area contributed by atoms with Crippen molar-refractivity contribution < 1.29 is 9.59 Å². The molecule has 27 heavy (non-hydrogen) atoms. The van der Waals surface area contributed by atoms with Crippen LogP contribution in [-0.2, 0) is 11.3 Å². The molecule has 3 rings (SSSR count). The molecule has 2 heterocycles. The number of hydrogen-bond acceptors (Lipinski definition) is 3. The summed E-state index contributed by atoms with van der Waals surface area (Å²) in [6, 6.07) is 7.32. The van der Waals surface area contributed by atoms with Crippen molar-refractivity contribution in [3.05, 3.63) is 35.4 Å². The number of amides is 3. The van der Waals surface area contributed by atoms with Gasteiger partial charge in [0.2, 0.25) is 5.91 Å². The third-order valence-corrected chi connectivity index (χ3v) is 5.59. The van der Waals surface area contributed by atoms with Crippen LogP contribution in [0.5, 0.6) is 0 Å². The minimum Gasteiger partial charge on any atom is -0.340 e. The summed E-state index contributed by atoms with van der Waals surface area (Å²) in [6.07, 6.45) is 0.654. The maximum atomic E-state index is 13.0. The van der Waals surface area contributed by atoms with Crippen LogP contribution in [0.25, 0.3) is 0 Å². The van der Waals surface area contributed by atoms with Gasteiger partial charge in [0.05, 0.1) is 0 Å². The van der Waals surface area contributed by atoms with E-state index >= 15 is 0 Å². The Kier molecular flexibility index (Phi) is 6.37. The van der Waals surface area contributed by atoms with Crippen LogP contribution in [0, 0.1) is 24.7 Å². The first-order chi connectivity index (χ1) is 12.9. The maximum Gasteiger partial charge on any atom is 0.315 e. The number of likely N-dealkylation sites (tertiary alicyclic amines) is 1. The fourth-order valence-electron chi connectivity index (χ4n) is 4.05. The molecule has 1 aromatic carbocycles. The number of urea groups is 1. The summed E-state index contributed by atoms with van der Waals surface area (Å²) in [5.74, 6) is 1.51. The molecule has 148 valence electrons. The minimum atomic E-state index is -0.463. The molecule has 2 aliphatic heterocycles. The Labute approximate surface area is 162 Å². The molecule has 2 saturated heterocycles. The summed E-state index contributed by atoms with van der Waals surface area (Å²) in [7, 11) is 0. The Hall–Kier alpha value is -2.08. The number of aryl methyl sites for hydroxylation is 1. The van der Waals surface area contributed by atoms with E-state index in [1.807, 2.05) is 36.1 Å². The van der Waals surface area contributed by atoms with Gasteiger partial charge in [0, 0.05) is 32.7 Å². The van der Waals surface area contributed by atoms with E-state index in [0.717, 1.165) is 31.7 Å². The predicted octanol–water partition coefficient (Wildman–Crippen LogP) is 1.89. The normalized spacial score (nSPS) is 22.6. The van der Waals surface area contributed by atoms with Crippen LogP contribution in [0.2, 0.25) is 0 Å².